The van der Waals surface area contributed by atoms with E-state index in [-0.39, 0.29) is 0 Å². The van der Waals surface area contributed by atoms with E-state index in [2.05, 4.69) is 21.7 Å². The highest BCUT2D eigenvalue weighted by Crippen LogP contribution is 2.26. The summed E-state index contributed by atoms with van der Waals surface area (Å²) < 4.78 is 0.960. The summed E-state index contributed by atoms with van der Waals surface area (Å²) in [5.41, 5.74) is 1.30. The number of nitrogens with zero attached hydrogens (tertiary/aromatic N) is 1. The number of hydrogen-bond donors (Lipinski definition) is 1. The second-order valence-corrected chi connectivity index (χ2v) is 6.35. The molecule has 0 amide bonds. The molecule has 0 aliphatic carbocycles. The van der Waals surface area contributed by atoms with Crippen LogP contribution in [0.3, 0.4) is 0 Å². The van der Waals surface area contributed by atoms with Gasteiger partial charge in [-0.1, -0.05) is 11.6 Å². The highest BCUT2D eigenvalue weighted by Gasteiger charge is 2.19. The molecule has 2 nitrogen and oxygen atoms in total. The lowest BCUT2D eigenvalue weighted by atomic mass is 9.93. The lowest BCUT2D eigenvalue weighted by Crippen LogP contribution is -2.34. The summed E-state index contributed by atoms with van der Waals surface area (Å²) in [6.07, 6.45) is 4.00. The third-order valence-electron chi connectivity index (χ3n) is 3.60. The fourth-order valence-electron chi connectivity index (χ4n) is 2.45. The molecule has 0 radical (unpaired) electrons. The van der Waals surface area contributed by atoms with Crippen LogP contribution >= 0.6 is 22.9 Å². The first-order chi connectivity index (χ1) is 8.29. The summed E-state index contributed by atoms with van der Waals surface area (Å²) in [6.45, 7) is 4.63. The van der Waals surface area contributed by atoms with Crippen LogP contribution in [0.25, 0.3) is 0 Å². The average Bonchev–Trinajstić information content (AvgIpc) is 2.74. The molecule has 2 rings (SSSR count). The molecule has 96 valence electrons. The average molecular weight is 273 g/mol. The lowest BCUT2D eigenvalue weighted by molar-refractivity contribution is 0.172. The zero-order valence-electron chi connectivity index (χ0n) is 10.4. The van der Waals surface area contributed by atoms with Crippen LogP contribution in [-0.4, -0.2) is 31.6 Å². The van der Waals surface area contributed by atoms with Gasteiger partial charge in [-0.05, 0) is 68.9 Å². The van der Waals surface area contributed by atoms with Gasteiger partial charge in [0.15, 0.2) is 0 Å². The highest BCUT2D eigenvalue weighted by atomic mass is 35.5. The van der Waals surface area contributed by atoms with Crippen LogP contribution in [-0.2, 0) is 6.54 Å². The molecule has 0 aromatic carbocycles. The van der Waals surface area contributed by atoms with Gasteiger partial charge in [0.25, 0.3) is 0 Å². The van der Waals surface area contributed by atoms with Gasteiger partial charge >= 0.3 is 0 Å². The molecule has 1 aromatic heterocycles. The number of thiophene rings is 1. The van der Waals surface area contributed by atoms with Crippen molar-refractivity contribution in [3.63, 3.8) is 0 Å². The standard InChI is InChI=1S/C13H21ClN2S/c1-15-6-2-11-3-7-16(8-4-11)10-12-5-9-17-13(12)14/h5,9,11,15H,2-4,6-8,10H2,1H3. The Hall–Kier alpha value is -0.0900. The Labute approximate surface area is 113 Å². The first-order valence-electron chi connectivity index (χ1n) is 6.38. The molecule has 1 aromatic rings. The van der Waals surface area contributed by atoms with Crippen molar-refractivity contribution in [2.45, 2.75) is 25.8 Å². The van der Waals surface area contributed by atoms with Gasteiger partial charge in [-0.3, -0.25) is 4.90 Å². The first kappa shape index (κ1) is 13.3. The van der Waals surface area contributed by atoms with Gasteiger partial charge in [0.2, 0.25) is 0 Å². The lowest BCUT2D eigenvalue weighted by Gasteiger charge is -2.31. The zero-order chi connectivity index (χ0) is 12.1. The second-order valence-electron chi connectivity index (χ2n) is 4.83. The molecule has 1 aliphatic heterocycles. The van der Waals surface area contributed by atoms with E-state index < -0.39 is 0 Å². The van der Waals surface area contributed by atoms with Gasteiger partial charge in [-0.15, -0.1) is 11.3 Å². The third kappa shape index (κ3) is 3.95. The van der Waals surface area contributed by atoms with E-state index in [0.717, 1.165) is 23.3 Å². The molecule has 2 heterocycles. The van der Waals surface area contributed by atoms with Gasteiger partial charge in [0, 0.05) is 6.54 Å². The molecule has 0 saturated carbocycles. The van der Waals surface area contributed by atoms with Crippen LogP contribution in [0.4, 0.5) is 0 Å². The quantitative estimate of drug-likeness (QED) is 0.885. The van der Waals surface area contributed by atoms with Gasteiger partial charge in [0.1, 0.15) is 0 Å². The molecule has 4 heteroatoms. The summed E-state index contributed by atoms with van der Waals surface area (Å²) in [7, 11) is 2.04. The van der Waals surface area contributed by atoms with Crippen molar-refractivity contribution in [2.24, 2.45) is 5.92 Å². The molecule has 1 N–H and O–H groups in total. The minimum Gasteiger partial charge on any atom is -0.320 e. The minimum atomic E-state index is 0.914. The number of nitrogens with one attached hydrogen (secondary N) is 1. The van der Waals surface area contributed by atoms with Crippen molar-refractivity contribution in [3.05, 3.63) is 21.3 Å². The number of likely N-dealkylation sites (tertiary alicyclic amines) is 1. The van der Waals surface area contributed by atoms with Crippen molar-refractivity contribution in [2.75, 3.05) is 26.7 Å². The van der Waals surface area contributed by atoms with E-state index in [1.165, 1.54) is 37.9 Å². The Morgan fingerprint density at radius 3 is 2.82 bits per heavy atom. The molecule has 17 heavy (non-hydrogen) atoms. The molecular formula is C13H21ClN2S. The van der Waals surface area contributed by atoms with Crippen molar-refractivity contribution in [1.29, 1.82) is 0 Å². The number of hydrogen-bond acceptors (Lipinski definition) is 3. The molecule has 0 unspecified atom stereocenters. The van der Waals surface area contributed by atoms with E-state index in [1.807, 2.05) is 7.05 Å². The zero-order valence-corrected chi connectivity index (χ0v) is 12.0. The van der Waals surface area contributed by atoms with Gasteiger partial charge in [-0.2, -0.15) is 0 Å². The van der Waals surface area contributed by atoms with Crippen molar-refractivity contribution < 1.29 is 0 Å². The maximum atomic E-state index is 6.14. The Morgan fingerprint density at radius 2 is 2.24 bits per heavy atom. The van der Waals surface area contributed by atoms with Crippen LogP contribution in [0, 0.1) is 5.92 Å². The molecule has 1 fully saturated rings. The highest BCUT2D eigenvalue weighted by molar-refractivity contribution is 7.14. The molecule has 0 spiro atoms. The monoisotopic (exact) mass is 272 g/mol. The smallest absolute Gasteiger partial charge is 0.0973 e. The van der Waals surface area contributed by atoms with E-state index in [1.54, 1.807) is 11.3 Å². The van der Waals surface area contributed by atoms with Gasteiger partial charge in [-0.25, -0.2) is 0 Å². The Balaban J connectivity index is 1.74. The summed E-state index contributed by atoms with van der Waals surface area (Å²) in [6, 6.07) is 2.15. The minimum absolute atomic E-state index is 0.914. The number of piperidine rings is 1. The van der Waals surface area contributed by atoms with E-state index >= 15 is 0 Å². The molecule has 0 atom stereocenters. The Morgan fingerprint density at radius 1 is 1.47 bits per heavy atom. The van der Waals surface area contributed by atoms with E-state index in [4.69, 9.17) is 11.6 Å². The van der Waals surface area contributed by atoms with Crippen molar-refractivity contribution in [1.82, 2.24) is 10.2 Å². The maximum Gasteiger partial charge on any atom is 0.0973 e. The molecular weight excluding hydrogens is 252 g/mol. The Kier molecular flexibility index (Phi) is 5.29. The fraction of sp³-hybridized carbons (Fsp3) is 0.692. The second kappa shape index (κ2) is 6.74. The van der Waals surface area contributed by atoms with Gasteiger partial charge in [0.05, 0.1) is 4.34 Å². The van der Waals surface area contributed by atoms with Crippen molar-refractivity contribution in [3.8, 4) is 0 Å². The SMILES string of the molecule is CNCCC1CCN(Cc2ccsc2Cl)CC1. The normalized spacial score (nSPS) is 18.7. The summed E-state index contributed by atoms with van der Waals surface area (Å²) in [4.78, 5) is 2.53. The summed E-state index contributed by atoms with van der Waals surface area (Å²) in [5.74, 6) is 0.914. The maximum absolute atomic E-state index is 6.14. The first-order valence-corrected chi connectivity index (χ1v) is 7.64. The fourth-order valence-corrected chi connectivity index (χ4v) is 3.37. The number of halogens is 1. The molecule has 1 saturated heterocycles. The van der Waals surface area contributed by atoms with Crippen LogP contribution in [0.15, 0.2) is 11.4 Å². The third-order valence-corrected chi connectivity index (χ3v) is 4.85. The van der Waals surface area contributed by atoms with Crippen molar-refractivity contribution >= 4 is 22.9 Å². The Bertz CT molecular complexity index is 332. The summed E-state index contributed by atoms with van der Waals surface area (Å²) >= 11 is 7.77. The van der Waals surface area contributed by atoms with Crippen LogP contribution in [0.1, 0.15) is 24.8 Å². The van der Waals surface area contributed by atoms with E-state index in [9.17, 15) is 0 Å². The van der Waals surface area contributed by atoms with Crippen LogP contribution in [0.5, 0.6) is 0 Å². The predicted octanol–water partition coefficient (Wildman–Crippen LogP) is 3.22. The van der Waals surface area contributed by atoms with Crippen LogP contribution in [0.2, 0.25) is 4.34 Å². The molecule has 0 bridgehead atoms. The molecule has 1 aliphatic rings. The predicted molar refractivity (Wildman–Crippen MR) is 75.9 cm³/mol. The van der Waals surface area contributed by atoms with Crippen LogP contribution < -0.4 is 5.32 Å². The topological polar surface area (TPSA) is 15.3 Å². The largest absolute Gasteiger partial charge is 0.320 e. The van der Waals surface area contributed by atoms with E-state index in [0.29, 0.717) is 0 Å². The summed E-state index contributed by atoms with van der Waals surface area (Å²) in [5, 5.41) is 5.32. The number of rotatable bonds is 5. The van der Waals surface area contributed by atoms with Gasteiger partial charge < -0.3 is 5.32 Å².